The minimum absolute atomic E-state index is 0.156. The largest absolute Gasteiger partial charge is 0.378 e. The van der Waals surface area contributed by atoms with Crippen molar-refractivity contribution in [2.24, 2.45) is 5.92 Å². The highest BCUT2D eigenvalue weighted by Crippen LogP contribution is 2.26. The van der Waals surface area contributed by atoms with Gasteiger partial charge in [-0.05, 0) is 24.5 Å². The van der Waals surface area contributed by atoms with Crippen LogP contribution in [0.2, 0.25) is 0 Å². The number of anilines is 2. The van der Waals surface area contributed by atoms with Gasteiger partial charge in [0, 0.05) is 50.0 Å². The summed E-state index contributed by atoms with van der Waals surface area (Å²) in [4.78, 5) is 11.3. The lowest BCUT2D eigenvalue weighted by Crippen LogP contribution is -2.23. The van der Waals surface area contributed by atoms with Crippen LogP contribution in [0.3, 0.4) is 0 Å². The molecule has 7 heteroatoms. The smallest absolute Gasteiger partial charge is 0.160 e. The van der Waals surface area contributed by atoms with Crippen molar-refractivity contribution in [1.29, 1.82) is 0 Å². The lowest BCUT2D eigenvalue weighted by atomic mass is 9.95. The fourth-order valence-corrected chi connectivity index (χ4v) is 3.31. The first-order chi connectivity index (χ1) is 13.3. The maximum Gasteiger partial charge on any atom is 0.160 e. The average Bonchev–Trinajstić information content (AvgIpc) is 3.11. The molecule has 1 aliphatic heterocycles. The molecule has 28 heavy (non-hydrogen) atoms. The van der Waals surface area contributed by atoms with Gasteiger partial charge in [-0.1, -0.05) is 20.8 Å². The number of hydrogen-bond acceptors (Lipinski definition) is 5. The van der Waals surface area contributed by atoms with Crippen molar-refractivity contribution in [2.75, 3.05) is 37.0 Å². The summed E-state index contributed by atoms with van der Waals surface area (Å²) in [5.41, 5.74) is 1.41. The van der Waals surface area contributed by atoms with Crippen LogP contribution in [-0.4, -0.2) is 36.7 Å². The van der Waals surface area contributed by atoms with Gasteiger partial charge >= 0.3 is 0 Å². The third-order valence-corrected chi connectivity index (χ3v) is 4.87. The number of nitrogens with one attached hydrogen (secondary N) is 1. The zero-order valence-electron chi connectivity index (χ0n) is 16.9. The van der Waals surface area contributed by atoms with Crippen molar-refractivity contribution >= 4 is 11.5 Å². The van der Waals surface area contributed by atoms with Crippen LogP contribution in [0, 0.1) is 17.6 Å². The van der Waals surface area contributed by atoms with Crippen LogP contribution >= 0.6 is 0 Å². The molecule has 3 rings (SSSR count). The summed E-state index contributed by atoms with van der Waals surface area (Å²) in [5.74, 6) is 0.344. The van der Waals surface area contributed by atoms with E-state index < -0.39 is 11.6 Å². The Morgan fingerprint density at radius 2 is 1.96 bits per heavy atom. The molecule has 152 valence electrons. The van der Waals surface area contributed by atoms with E-state index >= 15 is 0 Å². The topological polar surface area (TPSA) is 50.3 Å². The van der Waals surface area contributed by atoms with Crippen LogP contribution in [0.4, 0.5) is 20.3 Å². The molecular formula is C21H28F2N4O. The number of methoxy groups -OCH3 is 1. The van der Waals surface area contributed by atoms with Crippen molar-refractivity contribution in [3.63, 3.8) is 0 Å². The first-order valence-electron chi connectivity index (χ1n) is 9.57. The Hall–Kier alpha value is -2.28. The van der Waals surface area contributed by atoms with Crippen LogP contribution in [0.15, 0.2) is 24.3 Å². The second-order valence-electron chi connectivity index (χ2n) is 8.33. The number of rotatable bonds is 6. The van der Waals surface area contributed by atoms with Crippen molar-refractivity contribution in [2.45, 2.75) is 39.2 Å². The molecule has 1 unspecified atom stereocenters. The standard InChI is InChI=1S/C21H28F2N4O/c1-21(2,3)20-25-15(13-28-4)9-19(26-20)24-11-14-7-8-27(12-14)16-5-6-17(22)18(23)10-16/h5-6,9-10,14H,7-8,11-13H2,1-4H3,(H,24,25,26). The number of ether oxygens (including phenoxy) is 1. The molecule has 1 fully saturated rings. The van der Waals surface area contributed by atoms with Crippen molar-refractivity contribution in [1.82, 2.24) is 9.97 Å². The maximum absolute atomic E-state index is 13.5. The lowest BCUT2D eigenvalue weighted by molar-refractivity contribution is 0.181. The molecular weight excluding hydrogens is 362 g/mol. The minimum Gasteiger partial charge on any atom is -0.378 e. The Morgan fingerprint density at radius 1 is 1.18 bits per heavy atom. The van der Waals surface area contributed by atoms with E-state index in [2.05, 4.69) is 41.0 Å². The summed E-state index contributed by atoms with van der Waals surface area (Å²) in [6.45, 7) is 9.06. The average molecular weight is 390 g/mol. The van der Waals surface area contributed by atoms with Gasteiger partial charge in [0.1, 0.15) is 11.6 Å². The Kier molecular flexibility index (Phi) is 6.13. The fourth-order valence-electron chi connectivity index (χ4n) is 3.31. The Bertz CT molecular complexity index is 823. The minimum atomic E-state index is -0.813. The van der Waals surface area contributed by atoms with Gasteiger partial charge in [-0.25, -0.2) is 18.7 Å². The Labute approximate surface area is 165 Å². The van der Waals surface area contributed by atoms with Gasteiger partial charge in [-0.15, -0.1) is 0 Å². The van der Waals surface area contributed by atoms with Crippen LogP contribution in [0.1, 0.15) is 38.7 Å². The molecule has 1 atom stereocenters. The Balaban J connectivity index is 1.64. The molecule has 0 bridgehead atoms. The van der Waals surface area contributed by atoms with E-state index in [9.17, 15) is 8.78 Å². The molecule has 5 nitrogen and oxygen atoms in total. The molecule has 0 aliphatic carbocycles. The number of halogens is 2. The van der Waals surface area contributed by atoms with Crippen LogP contribution in [0.5, 0.6) is 0 Å². The summed E-state index contributed by atoms with van der Waals surface area (Å²) >= 11 is 0. The second kappa shape index (κ2) is 8.39. The molecule has 1 aliphatic rings. The molecule has 0 saturated carbocycles. The van der Waals surface area contributed by atoms with E-state index in [1.165, 1.54) is 12.1 Å². The third-order valence-electron chi connectivity index (χ3n) is 4.87. The Morgan fingerprint density at radius 3 is 2.64 bits per heavy atom. The molecule has 1 aromatic carbocycles. The third kappa shape index (κ3) is 4.95. The molecule has 2 aromatic rings. The van der Waals surface area contributed by atoms with E-state index in [0.717, 1.165) is 49.1 Å². The van der Waals surface area contributed by atoms with E-state index in [1.54, 1.807) is 13.2 Å². The van der Waals surface area contributed by atoms with Gasteiger partial charge < -0.3 is 15.0 Å². The molecule has 0 amide bonds. The van der Waals surface area contributed by atoms with E-state index in [4.69, 9.17) is 4.74 Å². The molecule has 1 aromatic heterocycles. The van der Waals surface area contributed by atoms with Crippen LogP contribution in [0.25, 0.3) is 0 Å². The monoisotopic (exact) mass is 390 g/mol. The molecule has 0 radical (unpaired) electrons. The zero-order chi connectivity index (χ0) is 20.3. The van der Waals surface area contributed by atoms with Crippen molar-refractivity contribution in [3.8, 4) is 0 Å². The van der Waals surface area contributed by atoms with Crippen LogP contribution in [-0.2, 0) is 16.8 Å². The molecule has 0 spiro atoms. The van der Waals surface area contributed by atoms with Crippen LogP contribution < -0.4 is 10.2 Å². The van der Waals surface area contributed by atoms with Gasteiger partial charge in [0.05, 0.1) is 12.3 Å². The molecule has 1 saturated heterocycles. The fraction of sp³-hybridized carbons (Fsp3) is 0.524. The predicted molar refractivity (Wildman–Crippen MR) is 107 cm³/mol. The highest BCUT2D eigenvalue weighted by atomic mass is 19.2. The normalized spacial score (nSPS) is 17.2. The highest BCUT2D eigenvalue weighted by molar-refractivity contribution is 5.48. The summed E-state index contributed by atoms with van der Waals surface area (Å²) in [7, 11) is 1.65. The van der Waals surface area contributed by atoms with E-state index in [-0.39, 0.29) is 5.41 Å². The maximum atomic E-state index is 13.5. The van der Waals surface area contributed by atoms with Gasteiger partial charge in [-0.3, -0.25) is 0 Å². The highest BCUT2D eigenvalue weighted by Gasteiger charge is 2.24. The first kappa shape index (κ1) is 20.5. The molecule has 2 heterocycles. The zero-order valence-corrected chi connectivity index (χ0v) is 16.9. The molecule has 1 N–H and O–H groups in total. The van der Waals surface area contributed by atoms with Gasteiger partial charge in [0.15, 0.2) is 11.6 Å². The summed E-state index contributed by atoms with van der Waals surface area (Å²) in [5, 5.41) is 3.42. The van der Waals surface area contributed by atoms with Gasteiger partial charge in [-0.2, -0.15) is 0 Å². The van der Waals surface area contributed by atoms with Gasteiger partial charge in [0.2, 0.25) is 0 Å². The quantitative estimate of drug-likeness (QED) is 0.804. The number of hydrogen-bond donors (Lipinski definition) is 1. The van der Waals surface area contributed by atoms with Gasteiger partial charge in [0.25, 0.3) is 0 Å². The lowest BCUT2D eigenvalue weighted by Gasteiger charge is -2.20. The number of nitrogens with zero attached hydrogens (tertiary/aromatic N) is 3. The number of aromatic nitrogens is 2. The second-order valence-corrected chi connectivity index (χ2v) is 8.33. The summed E-state index contributed by atoms with van der Waals surface area (Å²) in [6, 6.07) is 6.00. The first-order valence-corrected chi connectivity index (χ1v) is 9.57. The van der Waals surface area contributed by atoms with E-state index in [0.29, 0.717) is 12.5 Å². The number of benzene rings is 1. The SMILES string of the molecule is COCc1cc(NCC2CCN(c3ccc(F)c(F)c3)C2)nc(C(C)(C)C)n1. The van der Waals surface area contributed by atoms with E-state index in [1.807, 2.05) is 6.07 Å². The van der Waals surface area contributed by atoms with Crippen molar-refractivity contribution < 1.29 is 13.5 Å². The predicted octanol–water partition coefficient (Wildman–Crippen LogP) is 4.14. The summed E-state index contributed by atoms with van der Waals surface area (Å²) < 4.78 is 31.9. The van der Waals surface area contributed by atoms with Crippen molar-refractivity contribution in [3.05, 3.63) is 47.4 Å². The summed E-state index contributed by atoms with van der Waals surface area (Å²) in [6.07, 6.45) is 0.980.